The SMILES string of the molecule is C[C@@]12CCC[C@@](C)(C=O)C1CC[C@@H]1C2=CCC[C@]1(C)C=O. The van der Waals surface area contributed by atoms with E-state index in [4.69, 9.17) is 0 Å². The van der Waals surface area contributed by atoms with Crippen LogP contribution in [-0.2, 0) is 9.59 Å². The lowest BCUT2D eigenvalue weighted by Gasteiger charge is -2.59. The molecule has 0 bridgehead atoms. The van der Waals surface area contributed by atoms with E-state index in [-0.39, 0.29) is 16.2 Å². The fraction of sp³-hybridized carbons (Fsp3) is 0.789. The van der Waals surface area contributed by atoms with E-state index >= 15 is 0 Å². The predicted molar refractivity (Wildman–Crippen MR) is 83.8 cm³/mol. The number of allylic oxidation sites excluding steroid dienone is 2. The molecular weight excluding hydrogens is 260 g/mol. The molecule has 2 fully saturated rings. The Balaban J connectivity index is 2.04. The molecular formula is C19H28O2. The van der Waals surface area contributed by atoms with Crippen molar-refractivity contribution in [2.75, 3.05) is 0 Å². The normalized spacial score (nSPS) is 49.6. The third-order valence-electron chi connectivity index (χ3n) is 7.14. The molecule has 3 rings (SSSR count). The smallest absolute Gasteiger partial charge is 0.126 e. The van der Waals surface area contributed by atoms with Gasteiger partial charge in [-0.2, -0.15) is 0 Å². The first-order valence-corrected chi connectivity index (χ1v) is 8.53. The van der Waals surface area contributed by atoms with E-state index in [2.05, 4.69) is 26.8 Å². The van der Waals surface area contributed by atoms with Crippen LogP contribution in [0.3, 0.4) is 0 Å². The van der Waals surface area contributed by atoms with Crippen LogP contribution in [0.1, 0.15) is 65.7 Å². The molecule has 3 aliphatic carbocycles. The van der Waals surface area contributed by atoms with Gasteiger partial charge in [-0.3, -0.25) is 0 Å². The number of carbonyl (C=O) groups is 2. The Morgan fingerprint density at radius 3 is 2.38 bits per heavy atom. The summed E-state index contributed by atoms with van der Waals surface area (Å²) in [5, 5.41) is 0. The molecule has 0 aliphatic heterocycles. The second-order valence-electron chi connectivity index (χ2n) is 8.40. The molecule has 1 unspecified atom stereocenters. The standard InChI is InChI=1S/C19H28O2/c1-17(12-20)9-4-6-15-14(17)7-8-16-18(2,13-21)10-5-11-19(15,16)3/h6,12-14,16H,4-5,7-11H2,1-3H3/t14-,16?,17-,18+,19+/m1/s1. The van der Waals surface area contributed by atoms with Crippen LogP contribution in [0.4, 0.5) is 0 Å². The fourth-order valence-corrected chi connectivity index (χ4v) is 5.85. The van der Waals surface area contributed by atoms with E-state index in [9.17, 15) is 9.59 Å². The van der Waals surface area contributed by atoms with Crippen LogP contribution in [0, 0.1) is 28.1 Å². The van der Waals surface area contributed by atoms with Gasteiger partial charge in [0.2, 0.25) is 0 Å². The van der Waals surface area contributed by atoms with Gasteiger partial charge in [-0.25, -0.2) is 0 Å². The van der Waals surface area contributed by atoms with E-state index in [1.165, 1.54) is 24.6 Å². The molecule has 3 aliphatic rings. The number of hydrogen-bond acceptors (Lipinski definition) is 2. The zero-order chi connectivity index (χ0) is 15.3. The molecule has 0 aromatic heterocycles. The Kier molecular flexibility index (Phi) is 3.42. The monoisotopic (exact) mass is 288 g/mol. The third kappa shape index (κ3) is 1.98. The Morgan fingerprint density at radius 2 is 1.71 bits per heavy atom. The average Bonchev–Trinajstić information content (AvgIpc) is 2.48. The first kappa shape index (κ1) is 15.0. The minimum atomic E-state index is -0.187. The maximum Gasteiger partial charge on any atom is 0.126 e. The van der Waals surface area contributed by atoms with E-state index in [1.54, 1.807) is 0 Å². The van der Waals surface area contributed by atoms with Crippen LogP contribution >= 0.6 is 0 Å². The van der Waals surface area contributed by atoms with Gasteiger partial charge in [-0.15, -0.1) is 0 Å². The number of fused-ring (bicyclic) bond motifs is 3. The lowest BCUT2D eigenvalue weighted by molar-refractivity contribution is -0.129. The van der Waals surface area contributed by atoms with Crippen LogP contribution in [0.15, 0.2) is 11.6 Å². The fourth-order valence-electron chi connectivity index (χ4n) is 5.85. The van der Waals surface area contributed by atoms with Crippen LogP contribution in [0.25, 0.3) is 0 Å². The van der Waals surface area contributed by atoms with Gasteiger partial charge in [0.25, 0.3) is 0 Å². The largest absolute Gasteiger partial charge is 0.303 e. The van der Waals surface area contributed by atoms with E-state index in [1.807, 2.05) is 0 Å². The highest BCUT2D eigenvalue weighted by molar-refractivity contribution is 5.63. The Labute approximate surface area is 128 Å². The average molecular weight is 288 g/mol. The van der Waals surface area contributed by atoms with Crippen molar-refractivity contribution in [2.24, 2.45) is 28.1 Å². The Bertz CT molecular complexity index is 494. The van der Waals surface area contributed by atoms with Crippen molar-refractivity contribution in [1.29, 1.82) is 0 Å². The summed E-state index contributed by atoms with van der Waals surface area (Å²) in [6.45, 7) is 6.67. The molecule has 0 aromatic carbocycles. The molecule has 2 saturated carbocycles. The topological polar surface area (TPSA) is 34.1 Å². The molecule has 0 N–H and O–H groups in total. The van der Waals surface area contributed by atoms with Gasteiger partial charge < -0.3 is 9.59 Å². The van der Waals surface area contributed by atoms with Gasteiger partial charge >= 0.3 is 0 Å². The highest BCUT2D eigenvalue weighted by atomic mass is 16.1. The van der Waals surface area contributed by atoms with E-state index < -0.39 is 0 Å². The molecule has 116 valence electrons. The lowest BCUT2D eigenvalue weighted by Crippen LogP contribution is -2.52. The van der Waals surface area contributed by atoms with Crippen molar-refractivity contribution in [3.05, 3.63) is 11.6 Å². The molecule has 5 atom stereocenters. The first-order chi connectivity index (χ1) is 9.89. The third-order valence-corrected chi connectivity index (χ3v) is 7.14. The molecule has 2 heteroatoms. The number of rotatable bonds is 2. The summed E-state index contributed by atoms with van der Waals surface area (Å²) >= 11 is 0. The van der Waals surface area contributed by atoms with E-state index in [0.717, 1.165) is 38.5 Å². The molecule has 21 heavy (non-hydrogen) atoms. The highest BCUT2D eigenvalue weighted by Crippen LogP contribution is 2.64. The highest BCUT2D eigenvalue weighted by Gasteiger charge is 2.56. The van der Waals surface area contributed by atoms with Crippen molar-refractivity contribution in [2.45, 2.75) is 65.7 Å². The number of aldehydes is 2. The van der Waals surface area contributed by atoms with Gasteiger partial charge in [0, 0.05) is 10.8 Å². The summed E-state index contributed by atoms with van der Waals surface area (Å²) in [6.07, 6.45) is 12.3. The summed E-state index contributed by atoms with van der Waals surface area (Å²) in [4.78, 5) is 23.4. The maximum absolute atomic E-state index is 11.7. The molecule has 0 spiro atoms. The van der Waals surface area contributed by atoms with Crippen LogP contribution in [0.5, 0.6) is 0 Å². The zero-order valence-electron chi connectivity index (χ0n) is 13.7. The lowest BCUT2D eigenvalue weighted by atomic mass is 9.45. The van der Waals surface area contributed by atoms with E-state index in [0.29, 0.717) is 11.8 Å². The molecule has 0 aromatic rings. The first-order valence-electron chi connectivity index (χ1n) is 8.53. The summed E-state index contributed by atoms with van der Waals surface area (Å²) in [7, 11) is 0. The zero-order valence-corrected chi connectivity index (χ0v) is 13.7. The maximum atomic E-state index is 11.7. The molecule has 0 heterocycles. The van der Waals surface area contributed by atoms with Gasteiger partial charge in [-0.1, -0.05) is 38.8 Å². The molecule has 2 nitrogen and oxygen atoms in total. The van der Waals surface area contributed by atoms with Crippen molar-refractivity contribution >= 4 is 12.6 Å². The predicted octanol–water partition coefficient (Wildman–Crippen LogP) is 4.33. The Morgan fingerprint density at radius 1 is 1.00 bits per heavy atom. The summed E-state index contributed by atoms with van der Waals surface area (Å²) < 4.78 is 0. The number of hydrogen-bond donors (Lipinski definition) is 0. The molecule has 0 saturated heterocycles. The van der Waals surface area contributed by atoms with Crippen molar-refractivity contribution in [3.8, 4) is 0 Å². The number of carbonyl (C=O) groups excluding carboxylic acids is 2. The minimum absolute atomic E-state index is 0.127. The minimum Gasteiger partial charge on any atom is -0.303 e. The second kappa shape index (κ2) is 4.79. The van der Waals surface area contributed by atoms with Gasteiger partial charge in [0.15, 0.2) is 0 Å². The Hall–Kier alpha value is -0.920. The van der Waals surface area contributed by atoms with Gasteiger partial charge in [-0.05, 0) is 55.8 Å². The summed E-state index contributed by atoms with van der Waals surface area (Å²) in [6, 6.07) is 0. The molecule has 0 amide bonds. The van der Waals surface area contributed by atoms with Crippen LogP contribution in [-0.4, -0.2) is 12.6 Å². The van der Waals surface area contributed by atoms with Crippen LogP contribution < -0.4 is 0 Å². The van der Waals surface area contributed by atoms with Crippen molar-refractivity contribution in [3.63, 3.8) is 0 Å². The van der Waals surface area contributed by atoms with Crippen molar-refractivity contribution in [1.82, 2.24) is 0 Å². The molecule has 0 radical (unpaired) electrons. The second-order valence-corrected chi connectivity index (χ2v) is 8.40. The summed E-state index contributed by atoms with van der Waals surface area (Å²) in [5.74, 6) is 0.853. The van der Waals surface area contributed by atoms with Crippen molar-refractivity contribution < 1.29 is 9.59 Å². The van der Waals surface area contributed by atoms with Gasteiger partial charge in [0.05, 0.1) is 0 Å². The summed E-state index contributed by atoms with van der Waals surface area (Å²) in [5.41, 5.74) is 1.27. The van der Waals surface area contributed by atoms with Gasteiger partial charge in [0.1, 0.15) is 12.6 Å². The van der Waals surface area contributed by atoms with Crippen LogP contribution in [0.2, 0.25) is 0 Å². The quantitative estimate of drug-likeness (QED) is 0.560.